The topological polar surface area (TPSA) is 64.1 Å². The van der Waals surface area contributed by atoms with Crippen molar-refractivity contribution >= 4 is 0 Å². The molecule has 108 valence electrons. The van der Waals surface area contributed by atoms with Crippen LogP contribution in [0.5, 0.6) is 0 Å². The SMILES string of the molecule is CNCCc1ccccc1-c1nc(-c2occc2C)no1. The molecule has 0 radical (unpaired) electrons. The van der Waals surface area contributed by atoms with Crippen molar-refractivity contribution in [2.75, 3.05) is 13.6 Å². The van der Waals surface area contributed by atoms with E-state index in [0.29, 0.717) is 17.5 Å². The van der Waals surface area contributed by atoms with Gasteiger partial charge in [-0.15, -0.1) is 0 Å². The predicted octanol–water partition coefficient (Wildman–Crippen LogP) is 3.07. The monoisotopic (exact) mass is 283 g/mol. The van der Waals surface area contributed by atoms with Crippen molar-refractivity contribution in [1.29, 1.82) is 0 Å². The molecule has 1 aromatic carbocycles. The first-order chi connectivity index (χ1) is 10.3. The van der Waals surface area contributed by atoms with Gasteiger partial charge in [-0.25, -0.2) is 0 Å². The van der Waals surface area contributed by atoms with E-state index in [1.165, 1.54) is 5.56 Å². The van der Waals surface area contributed by atoms with Crippen LogP contribution in [0.4, 0.5) is 0 Å². The van der Waals surface area contributed by atoms with E-state index in [9.17, 15) is 0 Å². The van der Waals surface area contributed by atoms with Crippen molar-refractivity contribution in [3.63, 3.8) is 0 Å². The average Bonchev–Trinajstić information content (AvgIpc) is 3.14. The molecule has 0 fully saturated rings. The molecule has 0 aliphatic rings. The predicted molar refractivity (Wildman–Crippen MR) is 79.8 cm³/mol. The fourth-order valence-corrected chi connectivity index (χ4v) is 2.23. The van der Waals surface area contributed by atoms with Crippen LogP contribution >= 0.6 is 0 Å². The highest BCUT2D eigenvalue weighted by molar-refractivity contribution is 5.61. The molecule has 0 atom stereocenters. The summed E-state index contributed by atoms with van der Waals surface area (Å²) in [6, 6.07) is 9.95. The first-order valence-corrected chi connectivity index (χ1v) is 6.90. The fourth-order valence-electron chi connectivity index (χ4n) is 2.23. The van der Waals surface area contributed by atoms with Crippen LogP contribution in [0.1, 0.15) is 11.1 Å². The van der Waals surface area contributed by atoms with Gasteiger partial charge in [0.2, 0.25) is 5.82 Å². The lowest BCUT2D eigenvalue weighted by Crippen LogP contribution is -2.10. The molecule has 0 unspecified atom stereocenters. The number of benzene rings is 1. The molecule has 21 heavy (non-hydrogen) atoms. The Labute approximate surface area is 123 Å². The molecule has 2 aromatic heterocycles. The van der Waals surface area contributed by atoms with Gasteiger partial charge in [-0.1, -0.05) is 23.4 Å². The molecule has 2 heterocycles. The Kier molecular flexibility index (Phi) is 3.83. The minimum absolute atomic E-state index is 0.482. The Morgan fingerprint density at radius 1 is 1.19 bits per heavy atom. The molecule has 0 saturated carbocycles. The number of aromatic nitrogens is 2. The van der Waals surface area contributed by atoms with Crippen LogP contribution in [0.15, 0.2) is 45.5 Å². The second-order valence-corrected chi connectivity index (χ2v) is 4.87. The van der Waals surface area contributed by atoms with Crippen molar-refractivity contribution < 1.29 is 8.94 Å². The zero-order valence-electron chi connectivity index (χ0n) is 12.1. The van der Waals surface area contributed by atoms with Crippen LogP contribution in [0.3, 0.4) is 0 Å². The van der Waals surface area contributed by atoms with E-state index in [-0.39, 0.29) is 0 Å². The smallest absolute Gasteiger partial charge is 0.258 e. The van der Waals surface area contributed by atoms with Gasteiger partial charge in [-0.3, -0.25) is 0 Å². The van der Waals surface area contributed by atoms with Gasteiger partial charge >= 0.3 is 0 Å². The molecule has 0 aliphatic carbocycles. The Balaban J connectivity index is 1.95. The van der Waals surface area contributed by atoms with E-state index in [4.69, 9.17) is 8.94 Å². The third-order valence-electron chi connectivity index (χ3n) is 3.38. The number of nitrogens with one attached hydrogen (secondary N) is 1. The van der Waals surface area contributed by atoms with Crippen LogP contribution in [-0.2, 0) is 6.42 Å². The Morgan fingerprint density at radius 3 is 2.81 bits per heavy atom. The molecule has 0 bridgehead atoms. The standard InChI is InChI=1S/C16H17N3O2/c1-11-8-10-20-14(11)15-18-16(21-19-15)13-6-4-3-5-12(13)7-9-17-2/h3-6,8,10,17H,7,9H2,1-2H3. The summed E-state index contributed by atoms with van der Waals surface area (Å²) in [6.45, 7) is 2.85. The zero-order chi connectivity index (χ0) is 14.7. The quantitative estimate of drug-likeness (QED) is 0.779. The Morgan fingerprint density at radius 2 is 2.05 bits per heavy atom. The summed E-state index contributed by atoms with van der Waals surface area (Å²) >= 11 is 0. The van der Waals surface area contributed by atoms with Gasteiger partial charge in [-0.05, 0) is 50.2 Å². The van der Waals surface area contributed by atoms with Gasteiger partial charge in [0, 0.05) is 5.56 Å². The number of aryl methyl sites for hydroxylation is 1. The summed E-state index contributed by atoms with van der Waals surface area (Å²) in [6.07, 6.45) is 2.53. The maximum Gasteiger partial charge on any atom is 0.258 e. The molecule has 0 spiro atoms. The summed E-state index contributed by atoms with van der Waals surface area (Å²) in [5, 5.41) is 7.17. The summed E-state index contributed by atoms with van der Waals surface area (Å²) in [7, 11) is 1.94. The van der Waals surface area contributed by atoms with Crippen molar-refractivity contribution in [3.8, 4) is 23.0 Å². The van der Waals surface area contributed by atoms with Gasteiger partial charge in [0.05, 0.1) is 6.26 Å². The van der Waals surface area contributed by atoms with Crippen LogP contribution in [0, 0.1) is 6.92 Å². The van der Waals surface area contributed by atoms with Crippen LogP contribution in [0.2, 0.25) is 0 Å². The minimum atomic E-state index is 0.482. The van der Waals surface area contributed by atoms with Gasteiger partial charge in [0.1, 0.15) is 0 Å². The van der Waals surface area contributed by atoms with Crippen molar-refractivity contribution in [2.24, 2.45) is 0 Å². The number of hydrogen-bond donors (Lipinski definition) is 1. The molecule has 1 N–H and O–H groups in total. The lowest BCUT2D eigenvalue weighted by Gasteiger charge is -2.04. The van der Waals surface area contributed by atoms with Crippen molar-refractivity contribution in [1.82, 2.24) is 15.5 Å². The van der Waals surface area contributed by atoms with E-state index in [1.807, 2.05) is 38.2 Å². The maximum atomic E-state index is 5.41. The molecule has 0 saturated heterocycles. The van der Waals surface area contributed by atoms with Gasteiger partial charge < -0.3 is 14.3 Å². The van der Waals surface area contributed by atoms with Crippen LogP contribution in [-0.4, -0.2) is 23.7 Å². The molecule has 5 nitrogen and oxygen atoms in total. The first kappa shape index (κ1) is 13.6. The van der Waals surface area contributed by atoms with Crippen LogP contribution < -0.4 is 5.32 Å². The average molecular weight is 283 g/mol. The van der Waals surface area contributed by atoms with Gasteiger partial charge in [-0.2, -0.15) is 4.98 Å². The number of likely N-dealkylation sites (N-methyl/N-ethyl adjacent to an activating group) is 1. The number of rotatable bonds is 5. The second-order valence-electron chi connectivity index (χ2n) is 4.87. The molecule has 0 amide bonds. The normalized spacial score (nSPS) is 11.0. The van der Waals surface area contributed by atoms with E-state index in [0.717, 1.165) is 24.1 Å². The van der Waals surface area contributed by atoms with Gasteiger partial charge in [0.25, 0.3) is 5.89 Å². The highest BCUT2D eigenvalue weighted by atomic mass is 16.5. The Hall–Kier alpha value is -2.40. The molecule has 3 aromatic rings. The molecular formula is C16H17N3O2. The molecular weight excluding hydrogens is 266 g/mol. The lowest BCUT2D eigenvalue weighted by atomic mass is 10.0. The number of nitrogens with zero attached hydrogens (tertiary/aromatic N) is 2. The number of hydrogen-bond acceptors (Lipinski definition) is 5. The highest BCUT2D eigenvalue weighted by Crippen LogP contribution is 2.27. The third kappa shape index (κ3) is 2.73. The zero-order valence-corrected chi connectivity index (χ0v) is 12.1. The van der Waals surface area contributed by atoms with Crippen LogP contribution in [0.25, 0.3) is 23.0 Å². The van der Waals surface area contributed by atoms with Crippen molar-refractivity contribution in [2.45, 2.75) is 13.3 Å². The molecule has 3 rings (SSSR count). The highest BCUT2D eigenvalue weighted by Gasteiger charge is 2.16. The summed E-state index contributed by atoms with van der Waals surface area (Å²) in [4.78, 5) is 4.46. The largest absolute Gasteiger partial charge is 0.461 e. The maximum absolute atomic E-state index is 5.41. The molecule has 0 aliphatic heterocycles. The van der Waals surface area contributed by atoms with E-state index in [1.54, 1.807) is 6.26 Å². The minimum Gasteiger partial charge on any atom is -0.461 e. The first-order valence-electron chi connectivity index (χ1n) is 6.90. The van der Waals surface area contributed by atoms with Crippen molar-refractivity contribution in [3.05, 3.63) is 47.7 Å². The number of furan rings is 1. The van der Waals surface area contributed by atoms with E-state index < -0.39 is 0 Å². The Bertz CT molecular complexity index is 730. The van der Waals surface area contributed by atoms with Gasteiger partial charge in [0.15, 0.2) is 5.76 Å². The summed E-state index contributed by atoms with van der Waals surface area (Å²) < 4.78 is 10.8. The van der Waals surface area contributed by atoms with E-state index >= 15 is 0 Å². The second kappa shape index (κ2) is 5.93. The fraction of sp³-hybridized carbons (Fsp3) is 0.250. The summed E-state index contributed by atoms with van der Waals surface area (Å²) in [5.41, 5.74) is 3.14. The third-order valence-corrected chi connectivity index (χ3v) is 3.38. The molecule has 5 heteroatoms. The van der Waals surface area contributed by atoms with E-state index in [2.05, 4.69) is 21.5 Å². The summed E-state index contributed by atoms with van der Waals surface area (Å²) in [5.74, 6) is 1.65. The lowest BCUT2D eigenvalue weighted by molar-refractivity contribution is 0.429.